The van der Waals surface area contributed by atoms with Crippen molar-refractivity contribution in [3.8, 4) is 11.8 Å². The van der Waals surface area contributed by atoms with E-state index < -0.39 is 0 Å². The highest BCUT2D eigenvalue weighted by Gasteiger charge is 2.08. The SMILES string of the molecule is CCn1c(N)cnc1Oc1cccc(Cl)c1. The average Bonchev–Trinajstić information content (AvgIpc) is 2.59. The van der Waals surface area contributed by atoms with Crippen LogP contribution in [-0.4, -0.2) is 9.55 Å². The van der Waals surface area contributed by atoms with Gasteiger partial charge in [-0.3, -0.25) is 4.57 Å². The van der Waals surface area contributed by atoms with Crippen LogP contribution in [-0.2, 0) is 6.54 Å². The molecule has 0 amide bonds. The molecule has 0 atom stereocenters. The van der Waals surface area contributed by atoms with Crippen molar-refractivity contribution in [1.29, 1.82) is 0 Å². The topological polar surface area (TPSA) is 53.1 Å². The molecule has 1 heterocycles. The summed E-state index contributed by atoms with van der Waals surface area (Å²) in [6, 6.07) is 7.63. The number of halogens is 1. The Kier molecular flexibility index (Phi) is 3.01. The molecular formula is C11H12ClN3O. The lowest BCUT2D eigenvalue weighted by Crippen LogP contribution is -2.02. The largest absolute Gasteiger partial charge is 0.425 e. The molecule has 0 bridgehead atoms. The molecule has 0 radical (unpaired) electrons. The number of benzene rings is 1. The van der Waals surface area contributed by atoms with Gasteiger partial charge in [-0.25, -0.2) is 4.98 Å². The maximum absolute atomic E-state index is 5.86. The number of rotatable bonds is 3. The molecule has 2 N–H and O–H groups in total. The number of anilines is 1. The number of imidazole rings is 1. The molecule has 2 rings (SSSR count). The first-order chi connectivity index (χ1) is 7.70. The van der Waals surface area contributed by atoms with Crippen LogP contribution in [0.15, 0.2) is 30.5 Å². The molecule has 16 heavy (non-hydrogen) atoms. The van der Waals surface area contributed by atoms with Crippen LogP contribution in [0.1, 0.15) is 6.92 Å². The van der Waals surface area contributed by atoms with Crippen molar-refractivity contribution in [3.05, 3.63) is 35.5 Å². The predicted octanol–water partition coefficient (Wildman–Crippen LogP) is 2.93. The molecule has 4 nitrogen and oxygen atoms in total. The lowest BCUT2D eigenvalue weighted by Gasteiger charge is -2.07. The molecule has 0 spiro atoms. The summed E-state index contributed by atoms with van der Waals surface area (Å²) < 4.78 is 7.37. The van der Waals surface area contributed by atoms with Gasteiger partial charge in [0, 0.05) is 11.6 Å². The van der Waals surface area contributed by atoms with Crippen molar-refractivity contribution in [2.75, 3.05) is 5.73 Å². The third kappa shape index (κ3) is 2.12. The molecule has 1 aromatic heterocycles. The summed E-state index contributed by atoms with van der Waals surface area (Å²) in [7, 11) is 0. The van der Waals surface area contributed by atoms with Crippen molar-refractivity contribution < 1.29 is 4.74 Å². The molecular weight excluding hydrogens is 226 g/mol. The van der Waals surface area contributed by atoms with Crippen LogP contribution in [0.25, 0.3) is 0 Å². The fourth-order valence-electron chi connectivity index (χ4n) is 1.41. The minimum Gasteiger partial charge on any atom is -0.425 e. The van der Waals surface area contributed by atoms with Gasteiger partial charge in [0.1, 0.15) is 11.6 Å². The second kappa shape index (κ2) is 4.45. The Balaban J connectivity index is 2.27. The first-order valence-corrected chi connectivity index (χ1v) is 5.33. The van der Waals surface area contributed by atoms with Gasteiger partial charge in [0.05, 0.1) is 6.20 Å². The first kappa shape index (κ1) is 10.8. The van der Waals surface area contributed by atoms with Gasteiger partial charge in [0.25, 0.3) is 0 Å². The predicted molar refractivity (Wildman–Crippen MR) is 63.8 cm³/mol. The number of hydrogen-bond donors (Lipinski definition) is 1. The summed E-state index contributed by atoms with van der Waals surface area (Å²) in [5.41, 5.74) is 5.73. The molecule has 1 aromatic carbocycles. The van der Waals surface area contributed by atoms with E-state index in [0.717, 1.165) is 0 Å². The average molecular weight is 238 g/mol. The van der Waals surface area contributed by atoms with Gasteiger partial charge in [-0.2, -0.15) is 0 Å². The molecule has 0 saturated carbocycles. The summed E-state index contributed by atoms with van der Waals surface area (Å²) >= 11 is 5.86. The number of nitrogens with zero attached hydrogens (tertiary/aromatic N) is 2. The van der Waals surface area contributed by atoms with Gasteiger partial charge < -0.3 is 10.5 Å². The molecule has 0 fully saturated rings. The molecule has 0 aliphatic carbocycles. The van der Waals surface area contributed by atoms with E-state index in [1.807, 2.05) is 19.1 Å². The molecule has 84 valence electrons. The Labute approximate surface area is 98.6 Å². The molecule has 0 aliphatic heterocycles. The van der Waals surface area contributed by atoms with Crippen LogP contribution in [0, 0.1) is 0 Å². The van der Waals surface area contributed by atoms with Crippen molar-refractivity contribution in [3.63, 3.8) is 0 Å². The minimum atomic E-state index is 0.474. The summed E-state index contributed by atoms with van der Waals surface area (Å²) in [5, 5.41) is 0.625. The smallest absolute Gasteiger partial charge is 0.303 e. The minimum absolute atomic E-state index is 0.474. The van der Waals surface area contributed by atoms with E-state index in [9.17, 15) is 0 Å². The molecule has 0 aliphatic rings. The van der Waals surface area contributed by atoms with E-state index >= 15 is 0 Å². The van der Waals surface area contributed by atoms with E-state index in [-0.39, 0.29) is 0 Å². The number of ether oxygens (including phenoxy) is 1. The molecule has 2 aromatic rings. The molecule has 0 saturated heterocycles. The van der Waals surface area contributed by atoms with Crippen molar-refractivity contribution >= 4 is 17.4 Å². The first-order valence-electron chi connectivity index (χ1n) is 4.95. The van der Waals surface area contributed by atoms with Crippen LogP contribution < -0.4 is 10.5 Å². The van der Waals surface area contributed by atoms with Crippen LogP contribution in [0.4, 0.5) is 5.82 Å². The molecule has 5 heteroatoms. The zero-order chi connectivity index (χ0) is 11.5. The maximum atomic E-state index is 5.86. The molecule has 0 unspecified atom stereocenters. The van der Waals surface area contributed by atoms with Crippen LogP contribution >= 0.6 is 11.6 Å². The van der Waals surface area contributed by atoms with Crippen LogP contribution in [0.3, 0.4) is 0 Å². The van der Waals surface area contributed by atoms with Crippen molar-refractivity contribution in [1.82, 2.24) is 9.55 Å². The summed E-state index contributed by atoms with van der Waals surface area (Å²) in [5.74, 6) is 1.23. The van der Waals surface area contributed by atoms with E-state index in [4.69, 9.17) is 22.1 Å². The van der Waals surface area contributed by atoms with E-state index in [2.05, 4.69) is 4.98 Å². The third-order valence-corrected chi connectivity index (χ3v) is 2.41. The van der Waals surface area contributed by atoms with Gasteiger partial charge in [-0.05, 0) is 25.1 Å². The fourth-order valence-corrected chi connectivity index (χ4v) is 1.59. The lowest BCUT2D eigenvalue weighted by atomic mass is 10.3. The second-order valence-corrected chi connectivity index (χ2v) is 3.71. The normalized spacial score (nSPS) is 10.4. The van der Waals surface area contributed by atoms with Crippen molar-refractivity contribution in [2.24, 2.45) is 0 Å². The lowest BCUT2D eigenvalue weighted by molar-refractivity contribution is 0.417. The zero-order valence-electron chi connectivity index (χ0n) is 8.85. The van der Waals surface area contributed by atoms with Gasteiger partial charge in [-0.15, -0.1) is 0 Å². The summed E-state index contributed by atoms with van der Waals surface area (Å²) in [4.78, 5) is 4.08. The Morgan fingerprint density at radius 3 is 3.00 bits per heavy atom. The standard InChI is InChI=1S/C11H12ClN3O/c1-2-15-10(13)7-14-11(15)16-9-5-3-4-8(12)6-9/h3-7H,2,13H2,1H3. The number of aromatic nitrogens is 2. The van der Waals surface area contributed by atoms with Gasteiger partial charge in [0.15, 0.2) is 0 Å². The summed E-state index contributed by atoms with van der Waals surface area (Å²) in [6.07, 6.45) is 1.57. The highest BCUT2D eigenvalue weighted by molar-refractivity contribution is 6.30. The number of nitrogen functional groups attached to an aromatic ring is 1. The van der Waals surface area contributed by atoms with Crippen molar-refractivity contribution in [2.45, 2.75) is 13.5 Å². The van der Waals surface area contributed by atoms with E-state index in [1.54, 1.807) is 22.9 Å². The summed E-state index contributed by atoms with van der Waals surface area (Å²) in [6.45, 7) is 2.69. The third-order valence-electron chi connectivity index (χ3n) is 2.17. The Hall–Kier alpha value is -1.68. The Morgan fingerprint density at radius 2 is 2.31 bits per heavy atom. The van der Waals surface area contributed by atoms with Crippen LogP contribution in [0.5, 0.6) is 11.8 Å². The second-order valence-electron chi connectivity index (χ2n) is 3.27. The van der Waals surface area contributed by atoms with Gasteiger partial charge in [-0.1, -0.05) is 17.7 Å². The number of hydrogen-bond acceptors (Lipinski definition) is 3. The fraction of sp³-hybridized carbons (Fsp3) is 0.182. The maximum Gasteiger partial charge on any atom is 0.303 e. The zero-order valence-corrected chi connectivity index (χ0v) is 9.61. The van der Waals surface area contributed by atoms with Gasteiger partial charge >= 0.3 is 6.01 Å². The van der Waals surface area contributed by atoms with Gasteiger partial charge in [0.2, 0.25) is 0 Å². The van der Waals surface area contributed by atoms with E-state index in [0.29, 0.717) is 29.1 Å². The highest BCUT2D eigenvalue weighted by atomic mass is 35.5. The Morgan fingerprint density at radius 1 is 1.50 bits per heavy atom. The van der Waals surface area contributed by atoms with Crippen LogP contribution in [0.2, 0.25) is 5.02 Å². The monoisotopic (exact) mass is 237 g/mol. The Bertz CT molecular complexity index is 496. The highest BCUT2D eigenvalue weighted by Crippen LogP contribution is 2.24. The van der Waals surface area contributed by atoms with E-state index in [1.165, 1.54) is 0 Å². The quantitative estimate of drug-likeness (QED) is 0.893. The number of nitrogens with two attached hydrogens (primary N) is 1.